The molecule has 2 rings (SSSR count). The van der Waals surface area contributed by atoms with Crippen LogP contribution in [0.15, 0.2) is 40.9 Å². The molecule has 0 amide bonds. The molecule has 2 nitrogen and oxygen atoms in total. The smallest absolute Gasteiger partial charge is 0.128 e. The maximum atomic E-state index is 13.2. The van der Waals surface area contributed by atoms with E-state index in [1.165, 1.54) is 24.3 Å². The van der Waals surface area contributed by atoms with Crippen LogP contribution in [-0.4, -0.2) is 0 Å². The molecule has 5 heteroatoms. The van der Waals surface area contributed by atoms with Crippen LogP contribution in [0.2, 0.25) is 0 Å². The van der Waals surface area contributed by atoms with Crippen LogP contribution in [0.3, 0.4) is 0 Å². The van der Waals surface area contributed by atoms with Gasteiger partial charge in [-0.2, -0.15) is 0 Å². The van der Waals surface area contributed by atoms with Gasteiger partial charge in [0.05, 0.1) is 0 Å². The van der Waals surface area contributed by atoms with E-state index in [4.69, 9.17) is 10.5 Å². The Labute approximate surface area is 118 Å². The Morgan fingerprint density at radius 3 is 2.47 bits per heavy atom. The van der Waals surface area contributed by atoms with Gasteiger partial charge in [-0.25, -0.2) is 8.78 Å². The number of nitrogens with two attached hydrogens (primary N) is 1. The van der Waals surface area contributed by atoms with Gasteiger partial charge in [0.25, 0.3) is 0 Å². The minimum Gasteiger partial charge on any atom is -0.489 e. The highest BCUT2D eigenvalue weighted by molar-refractivity contribution is 9.10. The fourth-order valence-electron chi connectivity index (χ4n) is 1.70. The molecule has 0 unspecified atom stereocenters. The standard InChI is InChI=1S/C14H12BrF2NO/c15-11-4-13(17)6-14(5-11)19-8-9-1-2-12(16)3-10(9)7-18/h1-6H,7-8,18H2. The Morgan fingerprint density at radius 1 is 1.00 bits per heavy atom. The van der Waals surface area contributed by atoms with Crippen molar-refractivity contribution in [1.82, 2.24) is 0 Å². The fraction of sp³-hybridized carbons (Fsp3) is 0.143. The van der Waals surface area contributed by atoms with E-state index in [0.717, 1.165) is 5.56 Å². The highest BCUT2D eigenvalue weighted by atomic mass is 79.9. The molecule has 2 aromatic carbocycles. The van der Waals surface area contributed by atoms with Crippen molar-refractivity contribution < 1.29 is 13.5 Å². The number of halogens is 3. The van der Waals surface area contributed by atoms with Crippen molar-refractivity contribution in [3.63, 3.8) is 0 Å². The molecule has 100 valence electrons. The Kier molecular flexibility index (Phi) is 4.50. The van der Waals surface area contributed by atoms with Gasteiger partial charge >= 0.3 is 0 Å². The molecule has 0 aliphatic heterocycles. The lowest BCUT2D eigenvalue weighted by Gasteiger charge is -2.10. The maximum Gasteiger partial charge on any atom is 0.128 e. The molecule has 0 aliphatic carbocycles. The van der Waals surface area contributed by atoms with E-state index in [1.54, 1.807) is 12.1 Å². The van der Waals surface area contributed by atoms with E-state index in [1.807, 2.05) is 0 Å². The van der Waals surface area contributed by atoms with Crippen LogP contribution in [0.4, 0.5) is 8.78 Å². The van der Waals surface area contributed by atoms with Crippen LogP contribution in [0, 0.1) is 11.6 Å². The normalized spacial score (nSPS) is 10.5. The number of benzene rings is 2. The second-order valence-electron chi connectivity index (χ2n) is 4.01. The summed E-state index contributed by atoms with van der Waals surface area (Å²) in [4.78, 5) is 0. The van der Waals surface area contributed by atoms with E-state index < -0.39 is 0 Å². The summed E-state index contributed by atoms with van der Waals surface area (Å²) < 4.78 is 32.3. The van der Waals surface area contributed by atoms with E-state index in [9.17, 15) is 8.78 Å². The van der Waals surface area contributed by atoms with Crippen LogP contribution in [-0.2, 0) is 13.2 Å². The summed E-state index contributed by atoms with van der Waals surface area (Å²) in [6, 6.07) is 8.63. The Bertz CT molecular complexity index is 569. The summed E-state index contributed by atoms with van der Waals surface area (Å²) in [6.07, 6.45) is 0. The van der Waals surface area contributed by atoms with Crippen molar-refractivity contribution in [3.8, 4) is 5.75 Å². The molecule has 0 radical (unpaired) electrons. The summed E-state index contributed by atoms with van der Waals surface area (Å²) >= 11 is 3.19. The van der Waals surface area contributed by atoms with Crippen molar-refractivity contribution in [1.29, 1.82) is 0 Å². The summed E-state index contributed by atoms with van der Waals surface area (Å²) in [5.41, 5.74) is 7.01. The van der Waals surface area contributed by atoms with E-state index in [0.29, 0.717) is 15.8 Å². The Hall–Kier alpha value is -1.46. The van der Waals surface area contributed by atoms with Gasteiger partial charge in [0.2, 0.25) is 0 Å². The Balaban J connectivity index is 2.14. The number of hydrogen-bond acceptors (Lipinski definition) is 2. The van der Waals surface area contributed by atoms with Gasteiger partial charge in [-0.05, 0) is 35.4 Å². The quantitative estimate of drug-likeness (QED) is 0.927. The lowest BCUT2D eigenvalue weighted by atomic mass is 10.1. The SMILES string of the molecule is NCc1cc(F)ccc1COc1cc(F)cc(Br)c1. The molecule has 0 saturated carbocycles. The summed E-state index contributed by atoms with van der Waals surface area (Å²) in [6.45, 7) is 0.437. The topological polar surface area (TPSA) is 35.2 Å². The second kappa shape index (κ2) is 6.12. The van der Waals surface area contributed by atoms with Crippen LogP contribution in [0.5, 0.6) is 5.75 Å². The van der Waals surface area contributed by atoms with Crippen LogP contribution < -0.4 is 10.5 Å². The van der Waals surface area contributed by atoms with Gasteiger partial charge in [-0.15, -0.1) is 0 Å². The van der Waals surface area contributed by atoms with Crippen molar-refractivity contribution in [3.05, 3.63) is 63.6 Å². The Morgan fingerprint density at radius 2 is 1.79 bits per heavy atom. The molecule has 2 N–H and O–H groups in total. The zero-order valence-electron chi connectivity index (χ0n) is 10.00. The summed E-state index contributed by atoms with van der Waals surface area (Å²) in [5, 5.41) is 0. The molecule has 0 saturated heterocycles. The summed E-state index contributed by atoms with van der Waals surface area (Å²) in [5.74, 6) is -0.320. The molecular formula is C14H12BrF2NO. The zero-order chi connectivity index (χ0) is 13.8. The first-order valence-electron chi connectivity index (χ1n) is 5.65. The van der Waals surface area contributed by atoms with Crippen molar-refractivity contribution >= 4 is 15.9 Å². The molecule has 0 aliphatic rings. The third kappa shape index (κ3) is 3.75. The minimum absolute atomic E-state index is 0.211. The van der Waals surface area contributed by atoms with Gasteiger partial charge in [0.1, 0.15) is 24.0 Å². The van der Waals surface area contributed by atoms with Crippen molar-refractivity contribution in [2.45, 2.75) is 13.2 Å². The first-order valence-corrected chi connectivity index (χ1v) is 6.44. The molecule has 0 bridgehead atoms. The lowest BCUT2D eigenvalue weighted by molar-refractivity contribution is 0.303. The molecular weight excluding hydrogens is 316 g/mol. The lowest BCUT2D eigenvalue weighted by Crippen LogP contribution is -2.05. The van der Waals surface area contributed by atoms with Gasteiger partial charge in [0, 0.05) is 17.1 Å². The van der Waals surface area contributed by atoms with Gasteiger partial charge in [0.15, 0.2) is 0 Å². The van der Waals surface area contributed by atoms with Crippen molar-refractivity contribution in [2.75, 3.05) is 0 Å². The first-order chi connectivity index (χ1) is 9.08. The number of hydrogen-bond donors (Lipinski definition) is 1. The molecule has 0 spiro atoms. The summed E-state index contributed by atoms with van der Waals surface area (Å²) in [7, 11) is 0. The highest BCUT2D eigenvalue weighted by Gasteiger charge is 2.05. The third-order valence-corrected chi connectivity index (χ3v) is 3.08. The third-order valence-electron chi connectivity index (χ3n) is 2.62. The van der Waals surface area contributed by atoms with Crippen LogP contribution >= 0.6 is 15.9 Å². The predicted molar refractivity (Wildman–Crippen MR) is 72.7 cm³/mol. The van der Waals surface area contributed by atoms with Crippen LogP contribution in [0.1, 0.15) is 11.1 Å². The predicted octanol–water partition coefficient (Wildman–Crippen LogP) is 3.77. The second-order valence-corrected chi connectivity index (χ2v) is 4.93. The fourth-order valence-corrected chi connectivity index (χ4v) is 2.14. The van der Waals surface area contributed by atoms with Crippen LogP contribution in [0.25, 0.3) is 0 Å². The molecule has 2 aromatic rings. The minimum atomic E-state index is -0.387. The van der Waals surface area contributed by atoms with Gasteiger partial charge < -0.3 is 10.5 Å². The van der Waals surface area contributed by atoms with E-state index in [2.05, 4.69) is 15.9 Å². The molecule has 0 heterocycles. The average molecular weight is 328 g/mol. The molecule has 0 fully saturated rings. The number of rotatable bonds is 4. The number of ether oxygens (including phenoxy) is 1. The van der Waals surface area contributed by atoms with Gasteiger partial charge in [-0.3, -0.25) is 0 Å². The molecule has 0 aromatic heterocycles. The average Bonchev–Trinajstić information content (AvgIpc) is 2.36. The van der Waals surface area contributed by atoms with E-state index >= 15 is 0 Å². The highest BCUT2D eigenvalue weighted by Crippen LogP contribution is 2.22. The largest absolute Gasteiger partial charge is 0.489 e. The monoisotopic (exact) mass is 327 g/mol. The van der Waals surface area contributed by atoms with E-state index in [-0.39, 0.29) is 24.8 Å². The van der Waals surface area contributed by atoms with Gasteiger partial charge in [-0.1, -0.05) is 22.0 Å². The maximum absolute atomic E-state index is 13.2. The first kappa shape index (κ1) is 14.0. The van der Waals surface area contributed by atoms with Crippen molar-refractivity contribution in [2.24, 2.45) is 5.73 Å². The zero-order valence-corrected chi connectivity index (χ0v) is 11.6. The molecule has 0 atom stereocenters. The molecule has 19 heavy (non-hydrogen) atoms.